The minimum absolute atomic E-state index is 0.0254. The van der Waals surface area contributed by atoms with E-state index >= 15 is 0 Å². The van der Waals surface area contributed by atoms with E-state index in [1.807, 2.05) is 0 Å². The summed E-state index contributed by atoms with van der Waals surface area (Å²) < 4.78 is 78.3. The van der Waals surface area contributed by atoms with Gasteiger partial charge in [-0.05, 0) is 30.7 Å². The summed E-state index contributed by atoms with van der Waals surface area (Å²) in [7, 11) is 0. The Kier molecular flexibility index (Phi) is 6.23. The van der Waals surface area contributed by atoms with Crippen LogP contribution in [0.25, 0.3) is 0 Å². The molecule has 5 nitrogen and oxygen atoms in total. The van der Waals surface area contributed by atoms with Crippen LogP contribution in [0.4, 0.5) is 26.3 Å². The third kappa shape index (κ3) is 5.15. The van der Waals surface area contributed by atoms with Crippen molar-refractivity contribution in [1.29, 1.82) is 0 Å². The number of carbonyl (C=O) groups excluding carboxylic acids is 2. The summed E-state index contributed by atoms with van der Waals surface area (Å²) in [6.45, 7) is 0.160. The summed E-state index contributed by atoms with van der Waals surface area (Å²) in [5, 5.41) is 0. The van der Waals surface area contributed by atoms with Crippen LogP contribution < -0.4 is 0 Å². The number of halogens is 6. The summed E-state index contributed by atoms with van der Waals surface area (Å²) in [4.78, 5) is 31.4. The van der Waals surface area contributed by atoms with Crippen LogP contribution in [0.2, 0.25) is 0 Å². The van der Waals surface area contributed by atoms with Crippen molar-refractivity contribution < 1.29 is 35.9 Å². The molecule has 166 valence electrons. The van der Waals surface area contributed by atoms with Crippen LogP contribution in [-0.4, -0.2) is 52.8 Å². The maximum Gasteiger partial charge on any atom is 0.417 e. The zero-order valence-corrected chi connectivity index (χ0v) is 16.0. The third-order valence-corrected chi connectivity index (χ3v) is 4.86. The van der Waals surface area contributed by atoms with Crippen LogP contribution in [0.5, 0.6) is 0 Å². The second kappa shape index (κ2) is 8.56. The SMILES string of the molecule is O=C(c1cccc(C(F)(F)F)c1)N1CCCN(C(=O)c2cnccc2C(F)(F)F)CC1. The molecule has 0 aliphatic carbocycles. The molecule has 3 rings (SSSR count). The molecule has 31 heavy (non-hydrogen) atoms. The third-order valence-electron chi connectivity index (χ3n) is 4.86. The summed E-state index contributed by atoms with van der Waals surface area (Å²) >= 11 is 0. The average Bonchev–Trinajstić information content (AvgIpc) is 2.98. The van der Waals surface area contributed by atoms with Crippen molar-refractivity contribution in [3.8, 4) is 0 Å². The van der Waals surface area contributed by atoms with Gasteiger partial charge in [-0.15, -0.1) is 0 Å². The van der Waals surface area contributed by atoms with E-state index in [-0.39, 0.29) is 38.2 Å². The van der Waals surface area contributed by atoms with Crippen LogP contribution >= 0.6 is 0 Å². The van der Waals surface area contributed by atoms with Gasteiger partial charge < -0.3 is 9.80 Å². The monoisotopic (exact) mass is 445 g/mol. The van der Waals surface area contributed by atoms with Crippen LogP contribution in [0.1, 0.15) is 38.3 Å². The number of rotatable bonds is 2. The van der Waals surface area contributed by atoms with Crippen molar-refractivity contribution in [1.82, 2.24) is 14.8 Å². The maximum absolute atomic E-state index is 13.2. The summed E-state index contributed by atoms with van der Waals surface area (Å²) in [5.41, 5.74) is -2.80. The number of benzene rings is 1. The zero-order chi connectivity index (χ0) is 22.8. The average molecular weight is 445 g/mol. The molecular weight excluding hydrogens is 428 g/mol. The lowest BCUT2D eigenvalue weighted by Crippen LogP contribution is -2.38. The first-order chi connectivity index (χ1) is 14.5. The molecule has 1 aromatic heterocycles. The summed E-state index contributed by atoms with van der Waals surface area (Å²) in [6.07, 6.45) is -7.28. The second-order valence-corrected chi connectivity index (χ2v) is 6.94. The molecule has 2 heterocycles. The molecule has 1 aliphatic rings. The van der Waals surface area contributed by atoms with E-state index in [2.05, 4.69) is 4.98 Å². The highest BCUT2D eigenvalue weighted by Crippen LogP contribution is 2.32. The van der Waals surface area contributed by atoms with Gasteiger partial charge >= 0.3 is 12.4 Å². The summed E-state index contributed by atoms with van der Waals surface area (Å²) in [5.74, 6) is -1.51. The van der Waals surface area contributed by atoms with E-state index in [4.69, 9.17) is 0 Å². The zero-order valence-electron chi connectivity index (χ0n) is 16.0. The van der Waals surface area contributed by atoms with Gasteiger partial charge in [0.25, 0.3) is 11.8 Å². The van der Waals surface area contributed by atoms with Crippen LogP contribution in [-0.2, 0) is 12.4 Å². The fourth-order valence-corrected chi connectivity index (χ4v) is 3.32. The Balaban J connectivity index is 1.74. The van der Waals surface area contributed by atoms with Gasteiger partial charge in [-0.3, -0.25) is 14.6 Å². The van der Waals surface area contributed by atoms with Crippen LogP contribution in [0.3, 0.4) is 0 Å². The second-order valence-electron chi connectivity index (χ2n) is 6.94. The first kappa shape index (κ1) is 22.6. The normalized spacial score (nSPS) is 15.5. The lowest BCUT2D eigenvalue weighted by molar-refractivity contribution is -0.138. The molecule has 0 radical (unpaired) electrons. The standard InChI is InChI=1S/C20H17F6N3O2/c21-19(22,23)14-4-1-3-13(11-14)17(30)28-7-2-8-29(10-9-28)18(31)15-12-27-6-5-16(15)20(24,25)26/h1,3-6,11-12H,2,7-10H2. The van der Waals surface area contributed by atoms with Gasteiger partial charge in [0.15, 0.2) is 0 Å². The topological polar surface area (TPSA) is 53.5 Å². The largest absolute Gasteiger partial charge is 0.417 e. The Hall–Kier alpha value is -3.11. The minimum atomic E-state index is -4.73. The number of pyridine rings is 1. The van der Waals surface area contributed by atoms with Gasteiger partial charge in [0, 0.05) is 44.1 Å². The molecule has 0 saturated carbocycles. The Morgan fingerprint density at radius 2 is 1.48 bits per heavy atom. The Bertz CT molecular complexity index is 974. The van der Waals surface area contributed by atoms with Gasteiger partial charge in [-0.2, -0.15) is 26.3 Å². The molecule has 0 spiro atoms. The number of carbonyl (C=O) groups is 2. The number of aromatic nitrogens is 1. The van der Waals surface area contributed by atoms with Crippen LogP contribution in [0, 0.1) is 0 Å². The quantitative estimate of drug-likeness (QED) is 0.654. The van der Waals surface area contributed by atoms with Crippen molar-refractivity contribution in [2.45, 2.75) is 18.8 Å². The molecule has 2 amide bonds. The van der Waals surface area contributed by atoms with E-state index in [9.17, 15) is 35.9 Å². The molecule has 2 aromatic rings. The Morgan fingerprint density at radius 3 is 2.10 bits per heavy atom. The van der Waals surface area contributed by atoms with E-state index in [0.29, 0.717) is 6.07 Å². The van der Waals surface area contributed by atoms with Crippen molar-refractivity contribution >= 4 is 11.8 Å². The predicted molar refractivity (Wildman–Crippen MR) is 97.1 cm³/mol. The molecular formula is C20H17F6N3O2. The first-order valence-electron chi connectivity index (χ1n) is 9.25. The first-order valence-corrected chi connectivity index (χ1v) is 9.25. The number of amides is 2. The Morgan fingerprint density at radius 1 is 0.839 bits per heavy atom. The van der Waals surface area contributed by atoms with Crippen molar-refractivity contribution in [3.63, 3.8) is 0 Å². The highest BCUT2D eigenvalue weighted by atomic mass is 19.4. The number of hydrogen-bond acceptors (Lipinski definition) is 3. The van der Waals surface area contributed by atoms with Gasteiger partial charge in [0.2, 0.25) is 0 Å². The smallest absolute Gasteiger partial charge is 0.337 e. The van der Waals surface area contributed by atoms with Crippen molar-refractivity contribution in [2.24, 2.45) is 0 Å². The molecule has 0 unspecified atom stereocenters. The fourth-order valence-electron chi connectivity index (χ4n) is 3.32. The summed E-state index contributed by atoms with van der Waals surface area (Å²) in [6, 6.07) is 4.71. The highest BCUT2D eigenvalue weighted by molar-refractivity contribution is 5.96. The number of nitrogens with zero attached hydrogens (tertiary/aromatic N) is 3. The number of hydrogen-bond donors (Lipinski definition) is 0. The molecule has 1 saturated heterocycles. The van der Waals surface area contributed by atoms with Gasteiger partial charge in [0.05, 0.1) is 16.7 Å². The minimum Gasteiger partial charge on any atom is -0.337 e. The van der Waals surface area contributed by atoms with Gasteiger partial charge in [0.1, 0.15) is 0 Å². The van der Waals surface area contributed by atoms with Gasteiger partial charge in [-0.25, -0.2) is 0 Å². The molecule has 1 aromatic carbocycles. The maximum atomic E-state index is 13.2. The van der Waals surface area contributed by atoms with Crippen molar-refractivity contribution in [3.05, 3.63) is 65.0 Å². The molecule has 0 N–H and O–H groups in total. The fraction of sp³-hybridized carbons (Fsp3) is 0.350. The molecule has 0 atom stereocenters. The van der Waals surface area contributed by atoms with E-state index < -0.39 is 40.9 Å². The van der Waals surface area contributed by atoms with E-state index in [1.165, 1.54) is 15.9 Å². The van der Waals surface area contributed by atoms with Crippen LogP contribution in [0.15, 0.2) is 42.7 Å². The Labute approximate surface area is 173 Å². The lowest BCUT2D eigenvalue weighted by atomic mass is 10.1. The molecule has 1 fully saturated rings. The molecule has 0 bridgehead atoms. The number of alkyl halides is 6. The van der Waals surface area contributed by atoms with E-state index in [0.717, 1.165) is 30.6 Å². The van der Waals surface area contributed by atoms with Gasteiger partial charge in [-0.1, -0.05) is 6.07 Å². The molecule has 1 aliphatic heterocycles. The van der Waals surface area contributed by atoms with E-state index in [1.54, 1.807) is 0 Å². The molecule has 11 heteroatoms. The lowest BCUT2D eigenvalue weighted by Gasteiger charge is -2.23. The van der Waals surface area contributed by atoms with Crippen molar-refractivity contribution in [2.75, 3.05) is 26.2 Å². The highest BCUT2D eigenvalue weighted by Gasteiger charge is 2.37. The predicted octanol–water partition coefficient (Wildman–Crippen LogP) is 4.11.